The van der Waals surface area contributed by atoms with Gasteiger partial charge in [-0.2, -0.15) is 0 Å². The maximum atomic E-state index is 10.3. The molecule has 4 heteroatoms. The van der Waals surface area contributed by atoms with Crippen LogP contribution in [0.1, 0.15) is 35.4 Å². The van der Waals surface area contributed by atoms with E-state index >= 15 is 0 Å². The third-order valence-corrected chi connectivity index (χ3v) is 3.27. The highest BCUT2D eigenvalue weighted by Crippen LogP contribution is 2.39. The number of aryl methyl sites for hydroxylation is 1. The third kappa shape index (κ3) is 1.80. The van der Waals surface area contributed by atoms with Crippen molar-refractivity contribution in [3.05, 3.63) is 53.9 Å². The Bertz CT molecular complexity index is 515. The molecule has 0 spiro atoms. The van der Waals surface area contributed by atoms with Crippen LogP contribution in [0.25, 0.3) is 0 Å². The number of pyridine rings is 1. The van der Waals surface area contributed by atoms with Crippen molar-refractivity contribution in [3.63, 3.8) is 0 Å². The van der Waals surface area contributed by atoms with Gasteiger partial charge < -0.3 is 5.11 Å². The molecule has 0 saturated carbocycles. The largest absolute Gasteiger partial charge is 0.386 e. The molecule has 4 nitrogen and oxygen atoms in total. The van der Waals surface area contributed by atoms with E-state index in [-0.39, 0.29) is 5.92 Å². The molecule has 0 amide bonds. The van der Waals surface area contributed by atoms with Crippen LogP contribution >= 0.6 is 0 Å². The van der Waals surface area contributed by atoms with Crippen LogP contribution in [0.2, 0.25) is 0 Å². The van der Waals surface area contributed by atoms with Crippen molar-refractivity contribution in [1.82, 2.24) is 15.0 Å². The normalized spacial score (nSPS) is 19.9. The maximum absolute atomic E-state index is 10.3. The Labute approximate surface area is 99.4 Å². The first-order chi connectivity index (χ1) is 8.36. The molecule has 3 rings (SSSR count). The summed E-state index contributed by atoms with van der Waals surface area (Å²) in [6, 6.07) is 4.02. The quantitative estimate of drug-likeness (QED) is 0.847. The molecule has 2 aromatic heterocycles. The summed E-state index contributed by atoms with van der Waals surface area (Å²) in [6.07, 6.45) is 7.89. The van der Waals surface area contributed by atoms with Crippen LogP contribution in [0.15, 0.2) is 36.9 Å². The van der Waals surface area contributed by atoms with E-state index in [1.807, 2.05) is 6.07 Å². The monoisotopic (exact) mass is 227 g/mol. The number of hydrogen-bond acceptors (Lipinski definition) is 4. The van der Waals surface area contributed by atoms with Gasteiger partial charge in [-0.25, -0.2) is 0 Å². The van der Waals surface area contributed by atoms with Gasteiger partial charge in [0.1, 0.15) is 6.10 Å². The zero-order valence-electron chi connectivity index (χ0n) is 9.32. The first-order valence-electron chi connectivity index (χ1n) is 5.74. The van der Waals surface area contributed by atoms with Crippen molar-refractivity contribution in [3.8, 4) is 0 Å². The zero-order chi connectivity index (χ0) is 11.7. The van der Waals surface area contributed by atoms with E-state index in [2.05, 4.69) is 21.0 Å². The summed E-state index contributed by atoms with van der Waals surface area (Å²) in [5, 5.41) is 10.3. The minimum atomic E-state index is -0.611. The van der Waals surface area contributed by atoms with Crippen molar-refractivity contribution in [2.75, 3.05) is 0 Å². The number of fused-ring (bicyclic) bond motifs is 1. The lowest BCUT2D eigenvalue weighted by Gasteiger charge is -2.17. The molecule has 1 aliphatic rings. The van der Waals surface area contributed by atoms with Crippen molar-refractivity contribution in [1.29, 1.82) is 0 Å². The van der Waals surface area contributed by atoms with Crippen molar-refractivity contribution < 1.29 is 5.11 Å². The Morgan fingerprint density at radius 3 is 3.00 bits per heavy atom. The SMILES string of the molecule is OC(c1cnccn1)C1CCc2cccnc21. The van der Waals surface area contributed by atoms with Gasteiger partial charge in [0, 0.05) is 30.2 Å². The van der Waals surface area contributed by atoms with Gasteiger partial charge in [0.05, 0.1) is 11.9 Å². The van der Waals surface area contributed by atoms with Gasteiger partial charge in [0.15, 0.2) is 0 Å². The van der Waals surface area contributed by atoms with E-state index in [1.165, 1.54) is 5.56 Å². The summed E-state index contributed by atoms with van der Waals surface area (Å²) in [7, 11) is 0. The molecule has 0 fully saturated rings. The fraction of sp³-hybridized carbons (Fsp3) is 0.308. The Morgan fingerprint density at radius 1 is 1.24 bits per heavy atom. The van der Waals surface area contributed by atoms with Gasteiger partial charge in [-0.15, -0.1) is 0 Å². The van der Waals surface area contributed by atoms with Crippen LogP contribution in [0.5, 0.6) is 0 Å². The maximum Gasteiger partial charge on any atom is 0.106 e. The van der Waals surface area contributed by atoms with E-state index < -0.39 is 6.10 Å². The highest BCUT2D eigenvalue weighted by atomic mass is 16.3. The summed E-state index contributed by atoms with van der Waals surface area (Å²) < 4.78 is 0. The lowest BCUT2D eigenvalue weighted by molar-refractivity contribution is 0.138. The van der Waals surface area contributed by atoms with E-state index in [1.54, 1.807) is 24.8 Å². The molecule has 0 bridgehead atoms. The average Bonchev–Trinajstić information content (AvgIpc) is 2.83. The highest BCUT2D eigenvalue weighted by molar-refractivity contribution is 5.30. The molecule has 1 N–H and O–H groups in total. The molecule has 0 radical (unpaired) electrons. The number of hydrogen-bond donors (Lipinski definition) is 1. The van der Waals surface area contributed by atoms with Crippen LogP contribution in [-0.4, -0.2) is 20.1 Å². The Morgan fingerprint density at radius 2 is 2.18 bits per heavy atom. The number of aliphatic hydroxyl groups is 1. The predicted octanol–water partition coefficient (Wildman–Crippen LogP) is 1.64. The molecule has 0 aliphatic heterocycles. The summed E-state index contributed by atoms with van der Waals surface area (Å²) in [5.74, 6) is 0.0444. The van der Waals surface area contributed by atoms with Gasteiger partial charge in [-0.1, -0.05) is 6.07 Å². The number of aliphatic hydroxyl groups excluding tert-OH is 1. The van der Waals surface area contributed by atoms with Gasteiger partial charge in [-0.05, 0) is 24.5 Å². The van der Waals surface area contributed by atoms with Gasteiger partial charge in [0.2, 0.25) is 0 Å². The third-order valence-electron chi connectivity index (χ3n) is 3.27. The lowest BCUT2D eigenvalue weighted by Crippen LogP contribution is -2.11. The molecule has 2 heterocycles. The van der Waals surface area contributed by atoms with Crippen LogP contribution in [0.4, 0.5) is 0 Å². The molecular weight excluding hydrogens is 214 g/mol. The molecule has 2 unspecified atom stereocenters. The van der Waals surface area contributed by atoms with E-state index in [0.717, 1.165) is 18.5 Å². The minimum absolute atomic E-state index is 0.0444. The van der Waals surface area contributed by atoms with Crippen molar-refractivity contribution in [2.24, 2.45) is 0 Å². The molecule has 0 aromatic carbocycles. The van der Waals surface area contributed by atoms with E-state index in [9.17, 15) is 5.11 Å². The first-order valence-corrected chi connectivity index (χ1v) is 5.74. The van der Waals surface area contributed by atoms with Crippen molar-refractivity contribution >= 4 is 0 Å². The van der Waals surface area contributed by atoms with Gasteiger partial charge in [0.25, 0.3) is 0 Å². The lowest BCUT2D eigenvalue weighted by atomic mass is 9.97. The summed E-state index contributed by atoms with van der Waals surface area (Å²) in [5.41, 5.74) is 2.86. The summed E-state index contributed by atoms with van der Waals surface area (Å²) in [6.45, 7) is 0. The fourth-order valence-corrected chi connectivity index (χ4v) is 2.42. The van der Waals surface area contributed by atoms with Crippen LogP contribution < -0.4 is 0 Å². The standard InChI is InChI=1S/C13H13N3O/c17-13(11-8-14-6-7-15-11)10-4-3-9-2-1-5-16-12(9)10/h1-2,5-8,10,13,17H,3-4H2. The molecule has 2 atom stereocenters. The van der Waals surface area contributed by atoms with E-state index in [0.29, 0.717) is 5.69 Å². The van der Waals surface area contributed by atoms with Crippen LogP contribution in [0.3, 0.4) is 0 Å². The molecule has 2 aromatic rings. The average molecular weight is 227 g/mol. The van der Waals surface area contributed by atoms with Crippen molar-refractivity contribution in [2.45, 2.75) is 24.9 Å². The topological polar surface area (TPSA) is 58.9 Å². The Kier molecular flexibility index (Phi) is 2.57. The fourth-order valence-electron chi connectivity index (χ4n) is 2.42. The second kappa shape index (κ2) is 4.22. The number of rotatable bonds is 2. The number of aromatic nitrogens is 3. The molecule has 0 saturated heterocycles. The minimum Gasteiger partial charge on any atom is -0.386 e. The molecule has 17 heavy (non-hydrogen) atoms. The number of nitrogens with zero attached hydrogens (tertiary/aromatic N) is 3. The molecular formula is C13H13N3O. The first kappa shape index (κ1) is 10.4. The second-order valence-corrected chi connectivity index (χ2v) is 4.27. The highest BCUT2D eigenvalue weighted by Gasteiger charge is 2.31. The molecule has 86 valence electrons. The second-order valence-electron chi connectivity index (χ2n) is 4.27. The Hall–Kier alpha value is -1.81. The Balaban J connectivity index is 1.92. The molecule has 1 aliphatic carbocycles. The van der Waals surface area contributed by atoms with E-state index in [4.69, 9.17) is 0 Å². The summed E-state index contributed by atoms with van der Waals surface area (Å²) >= 11 is 0. The smallest absolute Gasteiger partial charge is 0.106 e. The predicted molar refractivity (Wildman–Crippen MR) is 62.3 cm³/mol. The van der Waals surface area contributed by atoms with Crippen LogP contribution in [0, 0.1) is 0 Å². The van der Waals surface area contributed by atoms with Crippen LogP contribution in [-0.2, 0) is 6.42 Å². The summed E-state index contributed by atoms with van der Waals surface area (Å²) in [4.78, 5) is 12.5. The van der Waals surface area contributed by atoms with Gasteiger partial charge in [-0.3, -0.25) is 15.0 Å². The van der Waals surface area contributed by atoms with Gasteiger partial charge >= 0.3 is 0 Å². The zero-order valence-corrected chi connectivity index (χ0v) is 9.32.